The van der Waals surface area contributed by atoms with Gasteiger partial charge in [-0.1, -0.05) is 29.8 Å². The van der Waals surface area contributed by atoms with Gasteiger partial charge in [0.25, 0.3) is 0 Å². The van der Waals surface area contributed by atoms with Crippen LogP contribution in [0.5, 0.6) is 0 Å². The van der Waals surface area contributed by atoms with Gasteiger partial charge in [0.1, 0.15) is 5.82 Å². The van der Waals surface area contributed by atoms with E-state index in [1.807, 2.05) is 19.3 Å². The van der Waals surface area contributed by atoms with E-state index in [1.165, 1.54) is 5.56 Å². The number of pyridine rings is 1. The van der Waals surface area contributed by atoms with Crippen molar-refractivity contribution in [3.63, 3.8) is 0 Å². The average Bonchev–Trinajstić information content (AvgIpc) is 2.52. The van der Waals surface area contributed by atoms with Crippen molar-refractivity contribution in [3.8, 4) is 0 Å². The van der Waals surface area contributed by atoms with Crippen molar-refractivity contribution < 1.29 is 4.39 Å². The molecule has 0 fully saturated rings. The number of fused-ring (bicyclic) bond motifs is 1. The summed E-state index contributed by atoms with van der Waals surface area (Å²) < 4.78 is 14.4. The molecule has 2 atom stereocenters. The lowest BCUT2D eigenvalue weighted by molar-refractivity contribution is 0.403. The molecule has 1 aromatic heterocycles. The fourth-order valence-corrected chi connectivity index (χ4v) is 3.49. The van der Waals surface area contributed by atoms with Crippen LogP contribution in [0.4, 0.5) is 4.39 Å². The average molecular weight is 305 g/mol. The molecular weight excluding hydrogens is 287 g/mol. The summed E-state index contributed by atoms with van der Waals surface area (Å²) in [5.41, 5.74) is 2.98. The Labute approximate surface area is 129 Å². The van der Waals surface area contributed by atoms with Crippen LogP contribution in [0.25, 0.3) is 0 Å². The van der Waals surface area contributed by atoms with E-state index in [1.54, 1.807) is 18.2 Å². The van der Waals surface area contributed by atoms with Crippen molar-refractivity contribution >= 4 is 11.6 Å². The van der Waals surface area contributed by atoms with Gasteiger partial charge in [0, 0.05) is 29.4 Å². The van der Waals surface area contributed by atoms with Crippen LogP contribution >= 0.6 is 11.6 Å². The Morgan fingerprint density at radius 3 is 3.00 bits per heavy atom. The first-order valence-electron chi connectivity index (χ1n) is 7.27. The molecule has 0 saturated carbocycles. The molecule has 1 aliphatic carbocycles. The second-order valence-corrected chi connectivity index (χ2v) is 5.86. The van der Waals surface area contributed by atoms with E-state index in [2.05, 4.69) is 16.4 Å². The van der Waals surface area contributed by atoms with Crippen molar-refractivity contribution in [2.24, 2.45) is 0 Å². The molecular formula is C17H18ClFN2. The molecule has 0 spiro atoms. The lowest BCUT2D eigenvalue weighted by atomic mass is 9.79. The minimum absolute atomic E-state index is 0.113. The van der Waals surface area contributed by atoms with E-state index in [0.717, 1.165) is 25.0 Å². The molecule has 2 aromatic rings. The highest BCUT2D eigenvalue weighted by atomic mass is 35.5. The van der Waals surface area contributed by atoms with Crippen molar-refractivity contribution in [2.45, 2.75) is 31.2 Å². The second kappa shape index (κ2) is 6.12. The molecule has 1 heterocycles. The molecule has 0 bridgehead atoms. The standard InChI is InChI=1S/C17H18ClFN2/c1-20-17(12-7-3-9-14(18)15(12)19)13-8-2-5-11-6-4-10-21-16(11)13/h3-4,6-7,9-10,13,17,20H,2,5,8H2,1H3. The van der Waals surface area contributed by atoms with Crippen LogP contribution in [-0.4, -0.2) is 12.0 Å². The number of halogens is 2. The monoisotopic (exact) mass is 304 g/mol. The Bertz CT molecular complexity index is 644. The largest absolute Gasteiger partial charge is 0.312 e. The first-order valence-corrected chi connectivity index (χ1v) is 7.65. The van der Waals surface area contributed by atoms with Gasteiger partial charge in [0.05, 0.1) is 5.02 Å². The zero-order valence-electron chi connectivity index (χ0n) is 11.9. The summed E-state index contributed by atoms with van der Waals surface area (Å²) in [6.45, 7) is 0. The Balaban J connectivity index is 2.04. The lowest BCUT2D eigenvalue weighted by Crippen LogP contribution is -2.28. The number of aryl methyl sites for hydroxylation is 1. The minimum atomic E-state index is -0.332. The zero-order chi connectivity index (χ0) is 14.8. The second-order valence-electron chi connectivity index (χ2n) is 5.46. The number of benzene rings is 1. The van der Waals surface area contributed by atoms with Crippen molar-refractivity contribution in [3.05, 3.63) is 64.2 Å². The summed E-state index contributed by atoms with van der Waals surface area (Å²) in [5, 5.41) is 3.43. The maximum atomic E-state index is 14.4. The smallest absolute Gasteiger partial charge is 0.146 e. The lowest BCUT2D eigenvalue weighted by Gasteiger charge is -2.31. The van der Waals surface area contributed by atoms with Crippen LogP contribution in [0.2, 0.25) is 5.02 Å². The highest BCUT2D eigenvalue weighted by Gasteiger charge is 2.31. The molecule has 0 radical (unpaired) electrons. The van der Waals surface area contributed by atoms with Gasteiger partial charge in [0.2, 0.25) is 0 Å². The van der Waals surface area contributed by atoms with E-state index >= 15 is 0 Å². The third-order valence-electron chi connectivity index (χ3n) is 4.27. The Morgan fingerprint density at radius 2 is 2.19 bits per heavy atom. The quantitative estimate of drug-likeness (QED) is 0.916. The van der Waals surface area contributed by atoms with Gasteiger partial charge in [-0.2, -0.15) is 0 Å². The van der Waals surface area contributed by atoms with Gasteiger partial charge in [-0.15, -0.1) is 0 Å². The number of nitrogens with zero attached hydrogens (tertiary/aromatic N) is 1. The topological polar surface area (TPSA) is 24.9 Å². The first-order chi connectivity index (χ1) is 10.2. The number of nitrogens with one attached hydrogen (secondary N) is 1. The summed E-state index contributed by atoms with van der Waals surface area (Å²) in [7, 11) is 1.86. The maximum absolute atomic E-state index is 14.4. The molecule has 4 heteroatoms. The Kier molecular flexibility index (Phi) is 4.22. The van der Waals surface area contributed by atoms with E-state index in [0.29, 0.717) is 5.56 Å². The number of aromatic nitrogens is 1. The Hall–Kier alpha value is -1.45. The highest BCUT2D eigenvalue weighted by molar-refractivity contribution is 6.30. The molecule has 110 valence electrons. The van der Waals surface area contributed by atoms with Crippen molar-refractivity contribution in [1.82, 2.24) is 10.3 Å². The van der Waals surface area contributed by atoms with Gasteiger partial charge < -0.3 is 5.32 Å². The van der Waals surface area contributed by atoms with Gasteiger partial charge >= 0.3 is 0 Å². The first kappa shape index (κ1) is 14.5. The van der Waals surface area contributed by atoms with E-state index in [4.69, 9.17) is 11.6 Å². The van der Waals surface area contributed by atoms with Crippen LogP contribution in [0.1, 0.15) is 41.6 Å². The van der Waals surface area contributed by atoms with Crippen LogP contribution in [0, 0.1) is 5.82 Å². The molecule has 21 heavy (non-hydrogen) atoms. The van der Waals surface area contributed by atoms with Gasteiger partial charge in [-0.3, -0.25) is 4.98 Å². The molecule has 0 aliphatic heterocycles. The molecule has 2 unspecified atom stereocenters. The summed E-state index contributed by atoms with van der Waals surface area (Å²) in [5.74, 6) is -0.158. The number of hydrogen-bond donors (Lipinski definition) is 1. The summed E-state index contributed by atoms with van der Waals surface area (Å²) in [6.07, 6.45) is 4.97. The third kappa shape index (κ3) is 2.68. The fraction of sp³-hybridized carbons (Fsp3) is 0.353. The molecule has 2 nitrogen and oxygen atoms in total. The SMILES string of the molecule is CNC(c1cccc(Cl)c1F)C1CCCc2cccnc21. The number of hydrogen-bond acceptors (Lipinski definition) is 2. The fourth-order valence-electron chi connectivity index (χ4n) is 3.30. The predicted octanol–water partition coefficient (Wildman–Crippen LogP) is 4.25. The molecule has 1 aromatic carbocycles. The van der Waals surface area contributed by atoms with E-state index < -0.39 is 0 Å². The third-order valence-corrected chi connectivity index (χ3v) is 4.56. The Morgan fingerprint density at radius 1 is 1.33 bits per heavy atom. The number of rotatable bonds is 3. The van der Waals surface area contributed by atoms with Crippen molar-refractivity contribution in [2.75, 3.05) is 7.05 Å². The summed E-state index contributed by atoms with van der Waals surface area (Å²) in [6, 6.07) is 9.16. The predicted molar refractivity (Wildman–Crippen MR) is 83.1 cm³/mol. The molecule has 3 rings (SSSR count). The summed E-state index contributed by atoms with van der Waals surface area (Å²) in [4.78, 5) is 4.55. The van der Waals surface area contributed by atoms with Gasteiger partial charge in [0.15, 0.2) is 0 Å². The minimum Gasteiger partial charge on any atom is -0.312 e. The van der Waals surface area contributed by atoms with Crippen LogP contribution in [-0.2, 0) is 6.42 Å². The molecule has 0 saturated heterocycles. The maximum Gasteiger partial charge on any atom is 0.146 e. The van der Waals surface area contributed by atoms with Crippen LogP contribution in [0.3, 0.4) is 0 Å². The highest BCUT2D eigenvalue weighted by Crippen LogP contribution is 2.40. The zero-order valence-corrected chi connectivity index (χ0v) is 12.7. The van der Waals surface area contributed by atoms with E-state index in [-0.39, 0.29) is 22.8 Å². The molecule has 1 aliphatic rings. The normalized spacial score (nSPS) is 19.1. The number of likely N-dealkylation sites (N-methyl/N-ethyl adjacent to an activating group) is 1. The van der Waals surface area contributed by atoms with Crippen molar-refractivity contribution in [1.29, 1.82) is 0 Å². The molecule has 1 N–H and O–H groups in total. The molecule has 0 amide bonds. The van der Waals surface area contributed by atoms with Gasteiger partial charge in [-0.05, 0) is 44.0 Å². The summed E-state index contributed by atoms with van der Waals surface area (Å²) >= 11 is 5.94. The van der Waals surface area contributed by atoms with Crippen LogP contribution in [0.15, 0.2) is 36.5 Å². The van der Waals surface area contributed by atoms with Gasteiger partial charge in [-0.25, -0.2) is 4.39 Å². The van der Waals surface area contributed by atoms with E-state index in [9.17, 15) is 4.39 Å². The van der Waals surface area contributed by atoms with Crippen LogP contribution < -0.4 is 5.32 Å².